The fourth-order valence-electron chi connectivity index (χ4n) is 2.10. The SMILES string of the molecule is COc1cc(C=C2SC(=Nc3cccc(Cl)c3Cl)NC2=O)ccc1O. The molecule has 8 heteroatoms. The molecule has 1 saturated heterocycles. The predicted molar refractivity (Wildman–Crippen MR) is 102 cm³/mol. The molecule has 3 rings (SSSR count). The van der Waals surface area contributed by atoms with E-state index < -0.39 is 0 Å². The maximum Gasteiger partial charge on any atom is 0.264 e. The van der Waals surface area contributed by atoms with Gasteiger partial charge in [0.15, 0.2) is 16.7 Å². The van der Waals surface area contributed by atoms with Gasteiger partial charge >= 0.3 is 0 Å². The number of aromatic hydroxyl groups is 1. The van der Waals surface area contributed by atoms with E-state index in [1.165, 1.54) is 24.9 Å². The number of phenolic OH excluding ortho intramolecular Hbond substituents is 1. The first-order valence-electron chi connectivity index (χ1n) is 7.08. The number of halogens is 2. The number of hydrogen-bond acceptors (Lipinski definition) is 5. The lowest BCUT2D eigenvalue weighted by Crippen LogP contribution is -2.19. The second-order valence-corrected chi connectivity index (χ2v) is 6.80. The lowest BCUT2D eigenvalue weighted by atomic mass is 10.2. The van der Waals surface area contributed by atoms with Crippen LogP contribution < -0.4 is 10.1 Å². The summed E-state index contributed by atoms with van der Waals surface area (Å²) < 4.78 is 5.06. The van der Waals surface area contributed by atoms with Crippen LogP contribution in [0.15, 0.2) is 46.3 Å². The molecular formula is C17H12Cl2N2O3S. The molecule has 1 aliphatic heterocycles. The molecule has 25 heavy (non-hydrogen) atoms. The zero-order valence-electron chi connectivity index (χ0n) is 12.9. The van der Waals surface area contributed by atoms with E-state index in [1.807, 2.05) is 0 Å². The van der Waals surface area contributed by atoms with Crippen LogP contribution in [0.1, 0.15) is 5.56 Å². The average molecular weight is 395 g/mol. The van der Waals surface area contributed by atoms with Crippen LogP contribution in [-0.4, -0.2) is 23.3 Å². The molecule has 1 amide bonds. The zero-order valence-corrected chi connectivity index (χ0v) is 15.2. The number of amides is 1. The van der Waals surface area contributed by atoms with Gasteiger partial charge in [0.1, 0.15) is 0 Å². The van der Waals surface area contributed by atoms with Crippen molar-refractivity contribution < 1.29 is 14.6 Å². The van der Waals surface area contributed by atoms with Crippen LogP contribution in [-0.2, 0) is 4.79 Å². The summed E-state index contributed by atoms with van der Waals surface area (Å²) in [5.41, 5.74) is 1.19. The number of nitrogens with zero attached hydrogens (tertiary/aromatic N) is 1. The van der Waals surface area contributed by atoms with Gasteiger partial charge in [-0.25, -0.2) is 4.99 Å². The lowest BCUT2D eigenvalue weighted by molar-refractivity contribution is -0.115. The first-order chi connectivity index (χ1) is 12.0. The number of phenols is 1. The molecule has 0 unspecified atom stereocenters. The number of carbonyl (C=O) groups is 1. The second kappa shape index (κ2) is 7.39. The highest BCUT2D eigenvalue weighted by Crippen LogP contribution is 2.35. The Labute approximate surface area is 158 Å². The summed E-state index contributed by atoms with van der Waals surface area (Å²) in [5.74, 6) is 0.0947. The minimum absolute atomic E-state index is 0.0334. The van der Waals surface area contributed by atoms with Gasteiger partial charge in [0.25, 0.3) is 5.91 Å². The Balaban J connectivity index is 1.87. The number of nitrogens with one attached hydrogen (secondary N) is 1. The van der Waals surface area contributed by atoms with Crippen molar-refractivity contribution in [3.05, 3.63) is 56.9 Å². The van der Waals surface area contributed by atoms with E-state index in [2.05, 4.69) is 10.3 Å². The first kappa shape index (κ1) is 17.7. The highest BCUT2D eigenvalue weighted by Gasteiger charge is 2.24. The van der Waals surface area contributed by atoms with Crippen molar-refractivity contribution in [2.45, 2.75) is 0 Å². The van der Waals surface area contributed by atoms with Crippen molar-refractivity contribution >= 4 is 57.8 Å². The van der Waals surface area contributed by atoms with Gasteiger partial charge in [-0.2, -0.15) is 0 Å². The Morgan fingerprint density at radius 1 is 1.28 bits per heavy atom. The first-order valence-corrected chi connectivity index (χ1v) is 8.66. The number of benzene rings is 2. The Bertz CT molecular complexity index is 913. The second-order valence-electron chi connectivity index (χ2n) is 4.99. The third-order valence-corrected chi connectivity index (χ3v) is 5.02. The molecule has 2 N–H and O–H groups in total. The third kappa shape index (κ3) is 3.92. The van der Waals surface area contributed by atoms with Gasteiger partial charge in [-0.3, -0.25) is 4.79 Å². The number of ether oxygens (including phenoxy) is 1. The van der Waals surface area contributed by atoms with Gasteiger partial charge in [0.2, 0.25) is 0 Å². The number of thioether (sulfide) groups is 1. The highest BCUT2D eigenvalue weighted by atomic mass is 35.5. The summed E-state index contributed by atoms with van der Waals surface area (Å²) in [6, 6.07) is 9.93. The quantitative estimate of drug-likeness (QED) is 0.746. The van der Waals surface area contributed by atoms with Crippen LogP contribution in [0.2, 0.25) is 10.0 Å². The summed E-state index contributed by atoms with van der Waals surface area (Å²) in [7, 11) is 1.46. The highest BCUT2D eigenvalue weighted by molar-refractivity contribution is 8.18. The van der Waals surface area contributed by atoms with Crippen molar-refractivity contribution in [2.24, 2.45) is 4.99 Å². The van der Waals surface area contributed by atoms with Crippen LogP contribution in [0.25, 0.3) is 6.08 Å². The fourth-order valence-corrected chi connectivity index (χ4v) is 3.28. The van der Waals surface area contributed by atoms with E-state index in [9.17, 15) is 9.90 Å². The Morgan fingerprint density at radius 3 is 2.84 bits per heavy atom. The smallest absolute Gasteiger partial charge is 0.264 e. The van der Waals surface area contributed by atoms with Crippen LogP contribution in [0, 0.1) is 0 Å². The number of methoxy groups -OCH3 is 1. The van der Waals surface area contributed by atoms with Crippen molar-refractivity contribution in [1.82, 2.24) is 5.32 Å². The molecule has 0 bridgehead atoms. The molecule has 1 heterocycles. The van der Waals surface area contributed by atoms with Gasteiger partial charge in [-0.15, -0.1) is 0 Å². The molecule has 2 aromatic rings. The Morgan fingerprint density at radius 2 is 2.08 bits per heavy atom. The van der Waals surface area contributed by atoms with E-state index in [0.717, 1.165) is 0 Å². The molecule has 5 nitrogen and oxygen atoms in total. The van der Waals surface area contributed by atoms with Crippen molar-refractivity contribution in [1.29, 1.82) is 0 Å². The Kier molecular flexibility index (Phi) is 5.22. The van der Waals surface area contributed by atoms with E-state index >= 15 is 0 Å². The molecule has 2 aromatic carbocycles. The maximum absolute atomic E-state index is 12.1. The standard InChI is InChI=1S/C17H12Cl2N2O3S/c1-24-13-7-9(5-6-12(13)22)8-14-16(23)21-17(25-14)20-11-4-2-3-10(18)15(11)19/h2-8,22H,1H3,(H,20,21,23). The van der Waals surface area contributed by atoms with E-state index in [-0.39, 0.29) is 11.7 Å². The van der Waals surface area contributed by atoms with Crippen LogP contribution in [0.3, 0.4) is 0 Å². The molecule has 0 saturated carbocycles. The van der Waals surface area contributed by atoms with Gasteiger partial charge in [0, 0.05) is 0 Å². The largest absolute Gasteiger partial charge is 0.504 e. The van der Waals surface area contributed by atoms with Crippen LogP contribution >= 0.6 is 35.0 Å². The predicted octanol–water partition coefficient (Wildman–Crippen LogP) is 4.60. The van der Waals surface area contributed by atoms with Crippen LogP contribution in [0.4, 0.5) is 5.69 Å². The van der Waals surface area contributed by atoms with Crippen molar-refractivity contribution in [3.63, 3.8) is 0 Å². The zero-order chi connectivity index (χ0) is 18.0. The van der Waals surface area contributed by atoms with Gasteiger partial charge in [0.05, 0.1) is 27.7 Å². The van der Waals surface area contributed by atoms with Crippen molar-refractivity contribution in [2.75, 3.05) is 7.11 Å². The molecular weight excluding hydrogens is 383 g/mol. The topological polar surface area (TPSA) is 70.9 Å². The van der Waals surface area contributed by atoms with Crippen LogP contribution in [0.5, 0.6) is 11.5 Å². The molecule has 1 aliphatic rings. The van der Waals surface area contributed by atoms with Crippen molar-refractivity contribution in [3.8, 4) is 11.5 Å². The molecule has 0 atom stereocenters. The molecule has 0 radical (unpaired) electrons. The summed E-state index contributed by atoms with van der Waals surface area (Å²) in [6.07, 6.45) is 1.68. The summed E-state index contributed by atoms with van der Waals surface area (Å²) in [6.45, 7) is 0. The molecule has 0 aromatic heterocycles. The monoisotopic (exact) mass is 394 g/mol. The molecule has 0 spiro atoms. The van der Waals surface area contributed by atoms with E-state index in [4.69, 9.17) is 27.9 Å². The minimum atomic E-state index is -0.269. The average Bonchev–Trinajstić information content (AvgIpc) is 2.93. The number of rotatable bonds is 3. The third-order valence-electron chi connectivity index (χ3n) is 3.31. The number of amidine groups is 1. The van der Waals surface area contributed by atoms with Gasteiger partial charge in [-0.1, -0.05) is 35.3 Å². The van der Waals surface area contributed by atoms with E-state index in [1.54, 1.807) is 36.4 Å². The lowest BCUT2D eigenvalue weighted by Gasteiger charge is -2.04. The summed E-state index contributed by atoms with van der Waals surface area (Å²) >= 11 is 13.3. The minimum Gasteiger partial charge on any atom is -0.504 e. The maximum atomic E-state index is 12.1. The summed E-state index contributed by atoms with van der Waals surface area (Å²) in [5, 5.41) is 13.4. The number of carbonyl (C=O) groups excluding carboxylic acids is 1. The number of aliphatic imine (C=N–C) groups is 1. The molecule has 0 aliphatic carbocycles. The van der Waals surface area contributed by atoms with Gasteiger partial charge < -0.3 is 15.2 Å². The Hall–Kier alpha value is -2.15. The van der Waals surface area contributed by atoms with Gasteiger partial charge in [-0.05, 0) is 47.7 Å². The summed E-state index contributed by atoms with van der Waals surface area (Å²) in [4.78, 5) is 16.9. The number of hydrogen-bond donors (Lipinski definition) is 2. The normalized spacial score (nSPS) is 17.2. The fraction of sp³-hybridized carbons (Fsp3) is 0.0588. The van der Waals surface area contributed by atoms with E-state index in [0.29, 0.717) is 37.1 Å². The molecule has 1 fully saturated rings. The molecule has 128 valence electrons.